The van der Waals surface area contributed by atoms with Gasteiger partial charge in [0, 0.05) is 24.0 Å². The molecule has 0 aliphatic carbocycles. The molecule has 0 unspecified atom stereocenters. The molecule has 0 saturated carbocycles. The number of fused-ring (bicyclic) bond motifs is 1. The van der Waals surface area contributed by atoms with Gasteiger partial charge in [0.05, 0.1) is 23.4 Å². The molecule has 3 aromatic heterocycles. The second kappa shape index (κ2) is 8.86. The van der Waals surface area contributed by atoms with Crippen LogP contribution in [-0.2, 0) is 11.3 Å². The van der Waals surface area contributed by atoms with Crippen molar-refractivity contribution in [2.24, 2.45) is 0 Å². The second-order valence-corrected chi connectivity index (χ2v) is 6.83. The van der Waals surface area contributed by atoms with Crippen LogP contribution in [0.5, 0.6) is 0 Å². The van der Waals surface area contributed by atoms with Gasteiger partial charge in [-0.05, 0) is 32.0 Å². The lowest BCUT2D eigenvalue weighted by molar-refractivity contribution is -0.385. The number of benzene rings is 1. The maximum Gasteiger partial charge on any atom is 0.343 e. The Morgan fingerprint density at radius 3 is 2.73 bits per heavy atom. The fourth-order valence-electron chi connectivity index (χ4n) is 3.39. The SMILES string of the molecule is CCOC(=O)c1cnn2c(-c3cccc(NC(=O)c4c([N+](=O)[O-])cnn4CC)c3)ccnc12. The number of esters is 1. The summed E-state index contributed by atoms with van der Waals surface area (Å²) >= 11 is 0. The quantitative estimate of drug-likeness (QED) is 0.257. The van der Waals surface area contributed by atoms with Gasteiger partial charge in [0.15, 0.2) is 5.65 Å². The Morgan fingerprint density at radius 1 is 1.18 bits per heavy atom. The Labute approximate surface area is 187 Å². The van der Waals surface area contributed by atoms with Gasteiger partial charge in [-0.15, -0.1) is 0 Å². The maximum atomic E-state index is 12.8. The molecule has 0 bridgehead atoms. The van der Waals surface area contributed by atoms with Crippen molar-refractivity contribution in [3.8, 4) is 11.3 Å². The third-order valence-electron chi connectivity index (χ3n) is 4.84. The normalized spacial score (nSPS) is 10.8. The van der Waals surface area contributed by atoms with Crippen LogP contribution < -0.4 is 5.32 Å². The first kappa shape index (κ1) is 21.6. The monoisotopic (exact) mass is 449 g/mol. The number of carbonyl (C=O) groups is 2. The van der Waals surface area contributed by atoms with E-state index in [1.807, 2.05) is 0 Å². The van der Waals surface area contributed by atoms with Crippen molar-refractivity contribution < 1.29 is 19.2 Å². The van der Waals surface area contributed by atoms with E-state index in [-0.39, 0.29) is 23.6 Å². The molecule has 4 aromatic rings. The van der Waals surface area contributed by atoms with Crippen LogP contribution in [0.25, 0.3) is 16.9 Å². The van der Waals surface area contributed by atoms with E-state index in [0.29, 0.717) is 29.1 Å². The molecule has 33 heavy (non-hydrogen) atoms. The minimum absolute atomic E-state index is 0.134. The van der Waals surface area contributed by atoms with Gasteiger partial charge in [0.1, 0.15) is 11.8 Å². The summed E-state index contributed by atoms with van der Waals surface area (Å²) < 4.78 is 7.82. The van der Waals surface area contributed by atoms with Crippen LogP contribution in [0.2, 0.25) is 0 Å². The zero-order valence-electron chi connectivity index (χ0n) is 17.8. The Bertz CT molecular complexity index is 1370. The van der Waals surface area contributed by atoms with E-state index in [4.69, 9.17) is 4.74 Å². The number of carbonyl (C=O) groups excluding carboxylic acids is 2. The van der Waals surface area contributed by atoms with Crippen molar-refractivity contribution in [1.82, 2.24) is 24.4 Å². The smallest absolute Gasteiger partial charge is 0.343 e. The van der Waals surface area contributed by atoms with Crippen LogP contribution >= 0.6 is 0 Å². The number of aromatic nitrogens is 5. The molecule has 0 aliphatic heterocycles. The number of aryl methyl sites for hydroxylation is 1. The van der Waals surface area contributed by atoms with Crippen molar-refractivity contribution in [3.63, 3.8) is 0 Å². The number of ether oxygens (including phenoxy) is 1. The number of nitrogens with one attached hydrogen (secondary N) is 1. The molecule has 4 rings (SSSR count). The van der Waals surface area contributed by atoms with Crippen LogP contribution in [0.4, 0.5) is 11.4 Å². The number of anilines is 1. The van der Waals surface area contributed by atoms with Gasteiger partial charge in [-0.3, -0.25) is 19.6 Å². The van der Waals surface area contributed by atoms with Crippen LogP contribution in [0.1, 0.15) is 34.7 Å². The van der Waals surface area contributed by atoms with E-state index >= 15 is 0 Å². The topological polar surface area (TPSA) is 147 Å². The predicted molar refractivity (Wildman–Crippen MR) is 117 cm³/mol. The van der Waals surface area contributed by atoms with E-state index in [0.717, 1.165) is 6.20 Å². The van der Waals surface area contributed by atoms with Gasteiger partial charge in [-0.1, -0.05) is 12.1 Å². The Kier molecular flexibility index (Phi) is 5.81. The minimum atomic E-state index is -0.651. The molecule has 0 saturated heterocycles. The summed E-state index contributed by atoms with van der Waals surface area (Å²) in [7, 11) is 0. The molecular formula is C21H19N7O5. The van der Waals surface area contributed by atoms with Crippen molar-refractivity contribution in [2.75, 3.05) is 11.9 Å². The fraction of sp³-hybridized carbons (Fsp3) is 0.190. The molecular weight excluding hydrogens is 430 g/mol. The summed E-state index contributed by atoms with van der Waals surface area (Å²) in [5, 5.41) is 22.1. The van der Waals surface area contributed by atoms with Crippen LogP contribution in [0, 0.1) is 10.1 Å². The van der Waals surface area contributed by atoms with Crippen molar-refractivity contribution in [3.05, 3.63) is 70.3 Å². The number of amides is 1. The van der Waals surface area contributed by atoms with Gasteiger partial charge in [0.2, 0.25) is 5.69 Å². The second-order valence-electron chi connectivity index (χ2n) is 6.83. The highest BCUT2D eigenvalue weighted by Crippen LogP contribution is 2.25. The molecule has 1 N–H and O–H groups in total. The van der Waals surface area contributed by atoms with Crippen LogP contribution in [0.3, 0.4) is 0 Å². The molecule has 0 atom stereocenters. The molecule has 0 radical (unpaired) electrons. The molecule has 12 heteroatoms. The summed E-state index contributed by atoms with van der Waals surface area (Å²) in [6.45, 7) is 3.97. The average Bonchev–Trinajstić information content (AvgIpc) is 3.44. The first-order valence-electron chi connectivity index (χ1n) is 10.1. The van der Waals surface area contributed by atoms with E-state index in [9.17, 15) is 19.7 Å². The molecule has 1 aromatic carbocycles. The lowest BCUT2D eigenvalue weighted by Gasteiger charge is -2.09. The van der Waals surface area contributed by atoms with Gasteiger partial charge in [-0.25, -0.2) is 14.3 Å². The summed E-state index contributed by atoms with van der Waals surface area (Å²) in [5.41, 5.74) is 1.78. The maximum absolute atomic E-state index is 12.8. The van der Waals surface area contributed by atoms with E-state index in [2.05, 4.69) is 20.5 Å². The highest BCUT2D eigenvalue weighted by molar-refractivity contribution is 6.06. The van der Waals surface area contributed by atoms with Crippen molar-refractivity contribution >= 4 is 28.9 Å². The lowest BCUT2D eigenvalue weighted by Crippen LogP contribution is -2.18. The average molecular weight is 449 g/mol. The third-order valence-corrected chi connectivity index (χ3v) is 4.84. The standard InChI is InChI=1S/C21H19N7O5/c1-3-26-18(17(12-23-26)28(31)32)20(29)25-14-7-5-6-13(10-14)16-8-9-22-19-15(11-24-27(16)19)21(30)33-4-2/h5-12H,3-4H2,1-2H3,(H,25,29). The number of nitrogens with zero attached hydrogens (tertiary/aromatic N) is 6. The van der Waals surface area contributed by atoms with Gasteiger partial charge in [0.25, 0.3) is 5.91 Å². The van der Waals surface area contributed by atoms with Crippen molar-refractivity contribution in [2.45, 2.75) is 20.4 Å². The largest absolute Gasteiger partial charge is 0.462 e. The van der Waals surface area contributed by atoms with Gasteiger partial charge in [-0.2, -0.15) is 10.2 Å². The number of rotatable bonds is 7. The molecule has 12 nitrogen and oxygen atoms in total. The molecule has 0 fully saturated rings. The summed E-state index contributed by atoms with van der Waals surface area (Å²) in [4.78, 5) is 39.9. The van der Waals surface area contributed by atoms with E-state index in [1.165, 1.54) is 15.4 Å². The first-order valence-corrected chi connectivity index (χ1v) is 10.1. The summed E-state index contributed by atoms with van der Waals surface area (Å²) in [6.07, 6.45) is 3.99. The summed E-state index contributed by atoms with van der Waals surface area (Å²) in [5.74, 6) is -1.17. The Balaban J connectivity index is 1.68. The van der Waals surface area contributed by atoms with E-state index < -0.39 is 16.8 Å². The highest BCUT2D eigenvalue weighted by atomic mass is 16.6. The van der Waals surface area contributed by atoms with Crippen LogP contribution in [-0.4, -0.2) is 47.8 Å². The Hall–Kier alpha value is -4.61. The minimum Gasteiger partial charge on any atom is -0.462 e. The third kappa shape index (κ3) is 4.01. The molecule has 0 spiro atoms. The fourth-order valence-corrected chi connectivity index (χ4v) is 3.39. The lowest BCUT2D eigenvalue weighted by atomic mass is 10.1. The summed E-state index contributed by atoms with van der Waals surface area (Å²) in [6, 6.07) is 8.59. The molecule has 3 heterocycles. The highest BCUT2D eigenvalue weighted by Gasteiger charge is 2.26. The zero-order chi connectivity index (χ0) is 23.5. The van der Waals surface area contributed by atoms with Crippen LogP contribution in [0.15, 0.2) is 48.9 Å². The molecule has 1 amide bonds. The first-order chi connectivity index (χ1) is 15.9. The van der Waals surface area contributed by atoms with Gasteiger partial charge >= 0.3 is 11.7 Å². The Morgan fingerprint density at radius 2 is 2.00 bits per heavy atom. The molecule has 0 aliphatic rings. The van der Waals surface area contributed by atoms with Gasteiger partial charge < -0.3 is 10.1 Å². The van der Waals surface area contributed by atoms with Crippen molar-refractivity contribution in [1.29, 1.82) is 0 Å². The number of hydrogen-bond donors (Lipinski definition) is 1. The molecule has 168 valence electrons. The number of hydrogen-bond acceptors (Lipinski definition) is 8. The predicted octanol–water partition coefficient (Wildman–Crippen LogP) is 2.95. The number of nitro groups is 1. The zero-order valence-corrected chi connectivity index (χ0v) is 17.8. The van der Waals surface area contributed by atoms with E-state index in [1.54, 1.807) is 50.4 Å².